The Bertz CT molecular complexity index is 976. The van der Waals surface area contributed by atoms with Crippen molar-refractivity contribution in [2.75, 3.05) is 0 Å². The Morgan fingerprint density at radius 1 is 1.26 bits per heavy atom. The van der Waals surface area contributed by atoms with Gasteiger partial charge in [-0.3, -0.25) is 14.3 Å². The maximum Gasteiger partial charge on any atom is 0.244 e. The first-order valence-electron chi connectivity index (χ1n) is 10.3. The molecule has 1 saturated heterocycles. The number of ketones is 1. The van der Waals surface area contributed by atoms with E-state index in [0.717, 1.165) is 49.4 Å². The van der Waals surface area contributed by atoms with Crippen molar-refractivity contribution in [2.45, 2.75) is 77.9 Å². The highest BCUT2D eigenvalue weighted by molar-refractivity contribution is 6.06. The molecule has 0 spiro atoms. The first kappa shape index (κ1) is 17.0. The lowest BCUT2D eigenvalue weighted by molar-refractivity contribution is -0.134. The summed E-state index contributed by atoms with van der Waals surface area (Å²) in [5.74, 6) is 0.127. The van der Waals surface area contributed by atoms with Crippen LogP contribution >= 0.6 is 0 Å². The predicted octanol–water partition coefficient (Wildman–Crippen LogP) is 3.52. The number of carbonyl (C=O) groups is 2. The number of benzene rings is 1. The van der Waals surface area contributed by atoms with Crippen LogP contribution in [0.4, 0.5) is 0 Å². The van der Waals surface area contributed by atoms with Gasteiger partial charge in [-0.1, -0.05) is 19.9 Å². The quantitative estimate of drug-likeness (QED) is 0.779. The van der Waals surface area contributed by atoms with E-state index >= 15 is 0 Å². The molecule has 5 rings (SSSR count). The minimum absolute atomic E-state index is 0.0196. The molecule has 2 aromatic rings. The molecule has 1 aromatic heterocycles. The fourth-order valence-corrected chi connectivity index (χ4v) is 5.58. The second-order valence-corrected chi connectivity index (χ2v) is 8.95. The molecule has 1 aliphatic heterocycles. The van der Waals surface area contributed by atoms with E-state index in [4.69, 9.17) is 0 Å². The highest BCUT2D eigenvalue weighted by Gasteiger charge is 2.62. The minimum atomic E-state index is -0.0196. The Labute approximate surface area is 159 Å². The molecular weight excluding hydrogens is 338 g/mol. The highest BCUT2D eigenvalue weighted by Crippen LogP contribution is 2.59. The summed E-state index contributed by atoms with van der Waals surface area (Å²) in [6, 6.07) is 4.95. The summed E-state index contributed by atoms with van der Waals surface area (Å²) >= 11 is 0. The van der Waals surface area contributed by atoms with Crippen LogP contribution in [-0.4, -0.2) is 38.5 Å². The van der Waals surface area contributed by atoms with Gasteiger partial charge >= 0.3 is 0 Å². The number of aromatic nitrogens is 2. The molecule has 2 aliphatic carbocycles. The first-order valence-corrected chi connectivity index (χ1v) is 10.3. The first-order chi connectivity index (χ1) is 12.9. The van der Waals surface area contributed by atoms with Crippen LogP contribution in [0.1, 0.15) is 68.1 Å². The number of piperidine rings is 1. The highest BCUT2D eigenvalue weighted by atomic mass is 16.2. The molecule has 1 amide bonds. The third-order valence-electron chi connectivity index (χ3n) is 7.11. The molecule has 3 aliphatic rings. The van der Waals surface area contributed by atoms with Crippen molar-refractivity contribution >= 4 is 22.6 Å². The summed E-state index contributed by atoms with van der Waals surface area (Å²) in [6.45, 7) is 6.27. The van der Waals surface area contributed by atoms with Crippen molar-refractivity contribution in [3.05, 3.63) is 29.0 Å². The third kappa shape index (κ3) is 2.40. The monoisotopic (exact) mass is 365 g/mol. The van der Waals surface area contributed by atoms with Crippen LogP contribution in [0.15, 0.2) is 12.1 Å². The SMILES string of the molecule is CC[C@@H]1C[C@@]2(C)C[C@H]2N1C(=O)Cn1nc(C(C)=O)c2c3c(ccc21)CCC3. The average Bonchev–Trinajstić information content (AvgIpc) is 3.02. The topological polar surface area (TPSA) is 55.2 Å². The molecule has 5 nitrogen and oxygen atoms in total. The molecule has 1 saturated carbocycles. The second kappa shape index (κ2) is 5.66. The molecule has 0 unspecified atom stereocenters. The lowest BCUT2D eigenvalue weighted by Crippen LogP contribution is -2.40. The van der Waals surface area contributed by atoms with Crippen molar-refractivity contribution in [3.8, 4) is 0 Å². The second-order valence-electron chi connectivity index (χ2n) is 8.95. The predicted molar refractivity (Wildman–Crippen MR) is 104 cm³/mol. The van der Waals surface area contributed by atoms with Crippen LogP contribution in [-0.2, 0) is 24.2 Å². The third-order valence-corrected chi connectivity index (χ3v) is 7.11. The summed E-state index contributed by atoms with van der Waals surface area (Å²) < 4.78 is 1.78. The van der Waals surface area contributed by atoms with Gasteiger partial charge in [0, 0.05) is 24.4 Å². The Morgan fingerprint density at radius 3 is 2.81 bits per heavy atom. The summed E-state index contributed by atoms with van der Waals surface area (Å²) in [6.07, 6.45) is 6.44. The van der Waals surface area contributed by atoms with E-state index in [1.54, 1.807) is 11.6 Å². The zero-order chi connectivity index (χ0) is 18.9. The van der Waals surface area contributed by atoms with Crippen molar-refractivity contribution in [1.82, 2.24) is 14.7 Å². The summed E-state index contributed by atoms with van der Waals surface area (Å²) in [5, 5.41) is 5.59. The number of nitrogens with zero attached hydrogens (tertiary/aromatic N) is 3. The van der Waals surface area contributed by atoms with Crippen molar-refractivity contribution in [2.24, 2.45) is 5.41 Å². The number of amides is 1. The zero-order valence-electron chi connectivity index (χ0n) is 16.4. The molecule has 1 aromatic carbocycles. The summed E-state index contributed by atoms with van der Waals surface area (Å²) in [4.78, 5) is 27.6. The fourth-order valence-electron chi connectivity index (χ4n) is 5.58. The van der Waals surface area contributed by atoms with Crippen LogP contribution in [0.3, 0.4) is 0 Å². The molecule has 142 valence electrons. The maximum absolute atomic E-state index is 13.2. The van der Waals surface area contributed by atoms with Gasteiger partial charge in [-0.15, -0.1) is 0 Å². The summed E-state index contributed by atoms with van der Waals surface area (Å²) in [7, 11) is 0. The normalized spacial score (nSPS) is 28.5. The molecule has 27 heavy (non-hydrogen) atoms. The number of carbonyl (C=O) groups excluding carboxylic acids is 2. The van der Waals surface area contributed by atoms with Gasteiger partial charge in [-0.25, -0.2) is 0 Å². The lowest BCUT2D eigenvalue weighted by atomic mass is 10.0. The number of hydrogen-bond acceptors (Lipinski definition) is 3. The van der Waals surface area contributed by atoms with E-state index in [0.29, 0.717) is 23.2 Å². The zero-order valence-corrected chi connectivity index (χ0v) is 16.4. The Kier molecular flexibility index (Phi) is 3.56. The molecule has 2 fully saturated rings. The minimum Gasteiger partial charge on any atom is -0.335 e. The standard InChI is InChI=1S/C22H27N3O2/c1-4-15-10-22(3)11-18(22)25(15)19(27)12-24-17-9-8-14-6-5-7-16(14)20(17)21(23-24)13(2)26/h8-9,15,18H,4-7,10-12H2,1-3H3/t15-,18-,22+/m1/s1. The maximum atomic E-state index is 13.2. The van der Waals surface area contributed by atoms with Crippen LogP contribution in [0, 0.1) is 5.41 Å². The van der Waals surface area contributed by atoms with E-state index in [2.05, 4.69) is 36.0 Å². The molecule has 0 radical (unpaired) electrons. The molecule has 0 N–H and O–H groups in total. The number of Topliss-reactive ketones (excluding diaryl/α,β-unsaturated/α-hetero) is 1. The van der Waals surface area contributed by atoms with Gasteiger partial charge in [0.15, 0.2) is 5.78 Å². The molecule has 0 bridgehead atoms. The average molecular weight is 365 g/mol. The number of fused-ring (bicyclic) bond motifs is 4. The van der Waals surface area contributed by atoms with Gasteiger partial charge in [0.1, 0.15) is 12.2 Å². The summed E-state index contributed by atoms with van der Waals surface area (Å²) in [5.41, 5.74) is 4.38. The van der Waals surface area contributed by atoms with Crippen LogP contribution in [0.2, 0.25) is 0 Å². The van der Waals surface area contributed by atoms with E-state index in [1.807, 2.05) is 0 Å². The van der Waals surface area contributed by atoms with Gasteiger partial charge in [0.25, 0.3) is 0 Å². The van der Waals surface area contributed by atoms with E-state index in [9.17, 15) is 9.59 Å². The number of rotatable bonds is 4. The van der Waals surface area contributed by atoms with E-state index in [-0.39, 0.29) is 18.2 Å². The van der Waals surface area contributed by atoms with Crippen LogP contribution < -0.4 is 0 Å². The Hall–Kier alpha value is -2.17. The molecular formula is C22H27N3O2. The van der Waals surface area contributed by atoms with Crippen molar-refractivity contribution in [3.63, 3.8) is 0 Å². The van der Waals surface area contributed by atoms with Crippen LogP contribution in [0.25, 0.3) is 10.9 Å². The van der Waals surface area contributed by atoms with Gasteiger partial charge in [-0.05, 0) is 61.1 Å². The smallest absolute Gasteiger partial charge is 0.244 e. The number of hydrogen-bond donors (Lipinski definition) is 0. The largest absolute Gasteiger partial charge is 0.335 e. The molecule has 5 heteroatoms. The van der Waals surface area contributed by atoms with Gasteiger partial charge in [-0.2, -0.15) is 5.10 Å². The number of likely N-dealkylation sites (tertiary alicyclic amines) is 1. The van der Waals surface area contributed by atoms with Gasteiger partial charge in [0.05, 0.1) is 5.52 Å². The Morgan fingerprint density at radius 2 is 2.07 bits per heavy atom. The Balaban J connectivity index is 1.53. The van der Waals surface area contributed by atoms with Crippen molar-refractivity contribution < 1.29 is 9.59 Å². The van der Waals surface area contributed by atoms with Gasteiger partial charge in [0.2, 0.25) is 5.91 Å². The van der Waals surface area contributed by atoms with Gasteiger partial charge < -0.3 is 4.90 Å². The molecule has 2 heterocycles. The fraction of sp³-hybridized carbons (Fsp3) is 0.591. The van der Waals surface area contributed by atoms with E-state index < -0.39 is 0 Å². The molecule has 3 atom stereocenters. The van der Waals surface area contributed by atoms with Crippen molar-refractivity contribution in [1.29, 1.82) is 0 Å². The number of aryl methyl sites for hydroxylation is 2. The van der Waals surface area contributed by atoms with Crippen LogP contribution in [0.5, 0.6) is 0 Å². The lowest BCUT2D eigenvalue weighted by Gasteiger charge is -2.26. The van der Waals surface area contributed by atoms with E-state index in [1.165, 1.54) is 11.1 Å².